The topological polar surface area (TPSA) is 89.0 Å². The molecule has 1 fully saturated rings. The lowest BCUT2D eigenvalue weighted by molar-refractivity contribution is -0.137. The molecule has 1 aliphatic rings. The van der Waals surface area contributed by atoms with E-state index in [9.17, 15) is 27.2 Å². The number of H-pyrrole nitrogens is 1. The van der Waals surface area contributed by atoms with Crippen molar-refractivity contribution in [1.82, 2.24) is 19.9 Å². The molecular formula is C25H22F4N4O3S. The quantitative estimate of drug-likeness (QED) is 0.375. The van der Waals surface area contributed by atoms with Crippen molar-refractivity contribution in [2.24, 2.45) is 0 Å². The van der Waals surface area contributed by atoms with Gasteiger partial charge in [0.25, 0.3) is 5.56 Å². The third-order valence-electron chi connectivity index (χ3n) is 6.27. The van der Waals surface area contributed by atoms with Crippen LogP contribution >= 0.6 is 11.3 Å². The fraction of sp³-hybridized carbons (Fsp3) is 0.320. The maximum absolute atomic E-state index is 14.3. The van der Waals surface area contributed by atoms with Gasteiger partial charge in [-0.25, -0.2) is 9.18 Å². The molecule has 0 radical (unpaired) electrons. The Balaban J connectivity index is 1.65. The van der Waals surface area contributed by atoms with Gasteiger partial charge in [0.05, 0.1) is 22.3 Å². The summed E-state index contributed by atoms with van der Waals surface area (Å²) in [6.07, 6.45) is -3.94. The second kappa shape index (κ2) is 9.42. The smallest absolute Gasteiger partial charge is 0.416 e. The van der Waals surface area contributed by atoms with Crippen LogP contribution in [0.2, 0.25) is 0 Å². The van der Waals surface area contributed by atoms with Crippen LogP contribution in [0.4, 0.5) is 17.6 Å². The van der Waals surface area contributed by atoms with Gasteiger partial charge in [-0.2, -0.15) is 13.2 Å². The molecular weight excluding hydrogens is 512 g/mol. The third kappa shape index (κ3) is 4.78. The molecule has 2 atom stereocenters. The Morgan fingerprint density at radius 3 is 2.62 bits per heavy atom. The molecule has 1 aliphatic heterocycles. The van der Waals surface area contributed by atoms with Gasteiger partial charge >= 0.3 is 11.9 Å². The number of nitrogens with one attached hydrogen (secondary N) is 2. The zero-order chi connectivity index (χ0) is 26.5. The number of fused-ring (bicyclic) bond motifs is 1. The van der Waals surface area contributed by atoms with Crippen LogP contribution in [0.3, 0.4) is 0 Å². The van der Waals surface area contributed by atoms with Crippen molar-refractivity contribution < 1.29 is 22.3 Å². The number of ether oxygens (including phenoxy) is 1. The number of aromatic nitrogens is 3. The molecule has 37 heavy (non-hydrogen) atoms. The van der Waals surface area contributed by atoms with Gasteiger partial charge in [-0.1, -0.05) is 0 Å². The van der Waals surface area contributed by atoms with Gasteiger partial charge in [-0.15, -0.1) is 11.3 Å². The molecule has 12 heteroatoms. The fourth-order valence-electron chi connectivity index (χ4n) is 4.38. The summed E-state index contributed by atoms with van der Waals surface area (Å²) in [6, 6.07) is 5.26. The van der Waals surface area contributed by atoms with Crippen molar-refractivity contribution in [3.63, 3.8) is 0 Å². The number of pyridine rings is 1. The summed E-state index contributed by atoms with van der Waals surface area (Å²) in [5.41, 5.74) is -0.192. The zero-order valence-electron chi connectivity index (χ0n) is 19.8. The molecule has 2 N–H and O–H groups in total. The maximum atomic E-state index is 14.3. The number of alkyl halides is 4. The van der Waals surface area contributed by atoms with E-state index in [4.69, 9.17) is 4.74 Å². The molecule has 194 valence electrons. The summed E-state index contributed by atoms with van der Waals surface area (Å²) >= 11 is 1.21. The monoisotopic (exact) mass is 534 g/mol. The Kier molecular flexibility index (Phi) is 6.40. The van der Waals surface area contributed by atoms with Gasteiger partial charge in [0.1, 0.15) is 11.9 Å². The van der Waals surface area contributed by atoms with Gasteiger partial charge in [-0.3, -0.25) is 14.3 Å². The van der Waals surface area contributed by atoms with Gasteiger partial charge < -0.3 is 15.0 Å². The van der Waals surface area contributed by atoms with Crippen LogP contribution in [0.5, 0.6) is 5.75 Å². The van der Waals surface area contributed by atoms with Crippen LogP contribution in [0.15, 0.2) is 46.2 Å². The first-order valence-electron chi connectivity index (χ1n) is 11.4. The molecule has 3 aromatic heterocycles. The highest BCUT2D eigenvalue weighted by molar-refractivity contribution is 7.19. The third-order valence-corrected chi connectivity index (χ3v) is 7.41. The van der Waals surface area contributed by atoms with Crippen molar-refractivity contribution in [2.45, 2.75) is 38.8 Å². The molecule has 0 saturated carbocycles. The van der Waals surface area contributed by atoms with Gasteiger partial charge in [0.15, 0.2) is 6.17 Å². The summed E-state index contributed by atoms with van der Waals surface area (Å²) < 4.78 is 63.1. The molecule has 0 bridgehead atoms. The molecule has 0 unspecified atom stereocenters. The van der Waals surface area contributed by atoms with E-state index in [2.05, 4.69) is 15.3 Å². The van der Waals surface area contributed by atoms with Crippen molar-refractivity contribution in [3.05, 3.63) is 79.1 Å². The van der Waals surface area contributed by atoms with Crippen molar-refractivity contribution in [3.8, 4) is 16.9 Å². The molecule has 1 aromatic carbocycles. The number of nitrogens with zero attached hydrogens (tertiary/aromatic N) is 2. The Bertz CT molecular complexity index is 1610. The summed E-state index contributed by atoms with van der Waals surface area (Å²) in [5.74, 6) is 0.165. The first kappa shape index (κ1) is 25.2. The summed E-state index contributed by atoms with van der Waals surface area (Å²) in [6.45, 7) is 3.39. The minimum atomic E-state index is -4.60. The van der Waals surface area contributed by atoms with E-state index in [0.717, 1.165) is 16.7 Å². The van der Waals surface area contributed by atoms with E-state index in [1.54, 1.807) is 19.1 Å². The first-order chi connectivity index (χ1) is 17.5. The summed E-state index contributed by atoms with van der Waals surface area (Å²) in [5, 5.41) is 2.88. The molecule has 0 amide bonds. The lowest BCUT2D eigenvalue weighted by Gasteiger charge is -2.22. The van der Waals surface area contributed by atoms with E-state index in [-0.39, 0.29) is 36.5 Å². The van der Waals surface area contributed by atoms with E-state index in [1.165, 1.54) is 30.7 Å². The van der Waals surface area contributed by atoms with E-state index >= 15 is 0 Å². The highest BCUT2D eigenvalue weighted by atomic mass is 32.1. The van der Waals surface area contributed by atoms with Gasteiger partial charge in [0.2, 0.25) is 0 Å². The Hall–Kier alpha value is -3.51. The molecule has 0 aliphatic carbocycles. The second-order valence-electron chi connectivity index (χ2n) is 8.95. The predicted molar refractivity (Wildman–Crippen MR) is 132 cm³/mol. The minimum absolute atomic E-state index is 0.0292. The van der Waals surface area contributed by atoms with Crippen LogP contribution in [0.1, 0.15) is 21.6 Å². The molecule has 5 rings (SSSR count). The average Bonchev–Trinajstić information content (AvgIpc) is 3.45. The fourth-order valence-corrected chi connectivity index (χ4v) is 5.51. The Morgan fingerprint density at radius 1 is 1.14 bits per heavy atom. The number of thiophene rings is 1. The second-order valence-corrected chi connectivity index (χ2v) is 10.1. The summed E-state index contributed by atoms with van der Waals surface area (Å²) in [4.78, 5) is 32.2. The van der Waals surface area contributed by atoms with Crippen LogP contribution in [0.25, 0.3) is 21.3 Å². The number of hydrogen-bond donors (Lipinski definition) is 2. The SMILES string of the molecule is Cc1cc(C(F)(F)F)cc(-c2ccnc3cc(Cn4c(=O)[nH]cc(C)c4=O)sc23)c1O[C@@H]1CNC[C@@H]1F. The normalized spacial score (nSPS) is 18.0. The predicted octanol–water partition coefficient (Wildman–Crippen LogP) is 4.19. The molecule has 7 nitrogen and oxygen atoms in total. The van der Waals surface area contributed by atoms with Crippen molar-refractivity contribution >= 4 is 21.6 Å². The number of rotatable bonds is 5. The van der Waals surface area contributed by atoms with Crippen LogP contribution < -0.4 is 21.3 Å². The van der Waals surface area contributed by atoms with Crippen molar-refractivity contribution in [1.29, 1.82) is 0 Å². The number of aromatic amines is 1. The lowest BCUT2D eigenvalue weighted by atomic mass is 9.98. The number of aryl methyl sites for hydroxylation is 2. The average molecular weight is 535 g/mol. The van der Waals surface area contributed by atoms with Crippen LogP contribution in [-0.2, 0) is 12.7 Å². The summed E-state index contributed by atoms with van der Waals surface area (Å²) in [7, 11) is 0. The zero-order valence-corrected chi connectivity index (χ0v) is 20.6. The Morgan fingerprint density at radius 2 is 1.92 bits per heavy atom. The molecule has 0 spiro atoms. The number of hydrogen-bond acceptors (Lipinski definition) is 6. The highest BCUT2D eigenvalue weighted by Crippen LogP contribution is 2.44. The Labute approximate surface area is 211 Å². The molecule has 4 heterocycles. The van der Waals surface area contributed by atoms with Crippen molar-refractivity contribution in [2.75, 3.05) is 13.1 Å². The van der Waals surface area contributed by atoms with E-state index in [0.29, 0.717) is 26.2 Å². The highest BCUT2D eigenvalue weighted by Gasteiger charge is 2.34. The first-order valence-corrected chi connectivity index (χ1v) is 12.2. The largest absolute Gasteiger partial charge is 0.485 e. The minimum Gasteiger partial charge on any atom is -0.485 e. The van der Waals surface area contributed by atoms with Crippen LogP contribution in [0, 0.1) is 13.8 Å². The number of benzene rings is 1. The molecule has 4 aromatic rings. The lowest BCUT2D eigenvalue weighted by Crippen LogP contribution is -2.35. The standard InChI is InChI=1S/C25H22F4N4O3S/c1-12-5-14(25(27,28)29)6-17(21(12)36-20-10-30-9-18(20)26)16-3-4-31-19-7-15(37-22(16)19)11-33-23(34)13(2)8-32-24(33)35/h3-8,18,20,30H,9-11H2,1-2H3,(H,32,35)/t18-,20+/m0/s1. The van der Waals surface area contributed by atoms with Gasteiger partial charge in [-0.05, 0) is 43.7 Å². The van der Waals surface area contributed by atoms with Gasteiger partial charge in [0, 0.05) is 47.1 Å². The van der Waals surface area contributed by atoms with E-state index < -0.39 is 35.3 Å². The van der Waals surface area contributed by atoms with Crippen LogP contribution in [-0.4, -0.2) is 39.9 Å². The number of halogens is 4. The maximum Gasteiger partial charge on any atom is 0.416 e. The van der Waals surface area contributed by atoms with E-state index in [1.807, 2.05) is 0 Å². The molecule has 1 saturated heterocycles.